The molecule has 2 aromatic rings. The first kappa shape index (κ1) is 16.8. The van der Waals surface area contributed by atoms with Gasteiger partial charge in [-0.1, -0.05) is 18.2 Å². The number of hydrogen-bond donors (Lipinski definition) is 1. The van der Waals surface area contributed by atoms with Crippen LogP contribution >= 0.6 is 15.9 Å². The summed E-state index contributed by atoms with van der Waals surface area (Å²) in [7, 11) is -3.60. The molecular weight excluding hydrogens is 404 g/mol. The molecule has 0 radical (unpaired) electrons. The van der Waals surface area contributed by atoms with Crippen molar-refractivity contribution in [2.45, 2.75) is 30.2 Å². The summed E-state index contributed by atoms with van der Waals surface area (Å²) < 4.78 is 28.1. The van der Waals surface area contributed by atoms with E-state index in [1.807, 2.05) is 24.3 Å². The van der Waals surface area contributed by atoms with Crippen molar-refractivity contribution in [3.8, 4) is 0 Å². The first-order chi connectivity index (χ1) is 12.0. The lowest BCUT2D eigenvalue weighted by atomic mass is 10.1. The van der Waals surface area contributed by atoms with E-state index >= 15 is 0 Å². The number of para-hydroxylation sites is 1. The predicted molar refractivity (Wildman–Crippen MR) is 99.3 cm³/mol. The second kappa shape index (κ2) is 6.23. The number of fused-ring (bicyclic) bond motifs is 1. The number of nitrogens with zero attached hydrogens (tertiary/aromatic N) is 1. The van der Waals surface area contributed by atoms with Crippen molar-refractivity contribution in [2.75, 3.05) is 11.4 Å². The minimum absolute atomic E-state index is 0.0262. The monoisotopic (exact) mass is 420 g/mol. The molecule has 1 heterocycles. The highest BCUT2D eigenvalue weighted by atomic mass is 79.9. The minimum Gasteiger partial charge on any atom is -0.308 e. The zero-order valence-corrected chi connectivity index (χ0v) is 15.8. The van der Waals surface area contributed by atoms with Crippen LogP contribution in [0.3, 0.4) is 0 Å². The van der Waals surface area contributed by atoms with Gasteiger partial charge in [-0.25, -0.2) is 13.1 Å². The summed E-state index contributed by atoms with van der Waals surface area (Å²) in [5.74, 6) is -0.194. The molecule has 4 rings (SSSR count). The van der Waals surface area contributed by atoms with E-state index in [9.17, 15) is 13.2 Å². The molecule has 0 aromatic heterocycles. The number of carbonyl (C=O) groups is 1. The fraction of sp³-hybridized carbons (Fsp3) is 0.278. The normalized spacial score (nSPS) is 16.8. The number of anilines is 1. The van der Waals surface area contributed by atoms with Crippen molar-refractivity contribution in [3.05, 3.63) is 58.1 Å². The molecule has 1 fully saturated rings. The quantitative estimate of drug-likeness (QED) is 0.825. The molecule has 5 nitrogen and oxygen atoms in total. The first-order valence-electron chi connectivity index (χ1n) is 8.17. The van der Waals surface area contributed by atoms with Gasteiger partial charge in [0.1, 0.15) is 0 Å². The Bertz CT molecular complexity index is 955. The minimum atomic E-state index is -3.60. The lowest BCUT2D eigenvalue weighted by molar-refractivity contribution is 0.0988. The van der Waals surface area contributed by atoms with Crippen molar-refractivity contribution < 1.29 is 13.2 Å². The summed E-state index contributed by atoms with van der Waals surface area (Å²) in [6.07, 6.45) is 2.54. The summed E-state index contributed by atoms with van der Waals surface area (Å²) >= 11 is 3.39. The molecular formula is C18H17BrN2O3S. The van der Waals surface area contributed by atoms with Crippen LogP contribution < -0.4 is 9.62 Å². The maximum absolute atomic E-state index is 13.0. The molecule has 0 saturated heterocycles. The van der Waals surface area contributed by atoms with Crippen LogP contribution in [0.15, 0.2) is 51.8 Å². The Morgan fingerprint density at radius 1 is 1.16 bits per heavy atom. The Kier molecular flexibility index (Phi) is 4.17. The van der Waals surface area contributed by atoms with Gasteiger partial charge in [0.15, 0.2) is 0 Å². The number of halogens is 1. The molecule has 2 aromatic carbocycles. The van der Waals surface area contributed by atoms with E-state index in [-0.39, 0.29) is 16.8 Å². The third-order valence-corrected chi connectivity index (χ3v) is 6.72. The van der Waals surface area contributed by atoms with Crippen LogP contribution in [0, 0.1) is 0 Å². The molecule has 25 heavy (non-hydrogen) atoms. The Hall–Kier alpha value is -1.70. The second-order valence-electron chi connectivity index (χ2n) is 6.37. The summed E-state index contributed by atoms with van der Waals surface area (Å²) in [6.45, 7) is 0.599. The number of carbonyl (C=O) groups excluding carboxylic acids is 1. The topological polar surface area (TPSA) is 66.5 Å². The van der Waals surface area contributed by atoms with Gasteiger partial charge in [-0.05, 0) is 65.0 Å². The van der Waals surface area contributed by atoms with Gasteiger partial charge in [-0.15, -0.1) is 0 Å². The van der Waals surface area contributed by atoms with Crippen LogP contribution in [0.4, 0.5) is 5.69 Å². The number of amides is 1. The average molecular weight is 421 g/mol. The van der Waals surface area contributed by atoms with Crippen molar-refractivity contribution >= 4 is 37.5 Å². The summed E-state index contributed by atoms with van der Waals surface area (Å²) in [6, 6.07) is 12.4. The molecule has 1 amide bonds. The molecule has 130 valence electrons. The van der Waals surface area contributed by atoms with E-state index in [4.69, 9.17) is 0 Å². The average Bonchev–Trinajstić information content (AvgIpc) is 3.29. The number of benzene rings is 2. The van der Waals surface area contributed by atoms with Gasteiger partial charge in [-0.2, -0.15) is 0 Å². The Morgan fingerprint density at radius 2 is 1.92 bits per heavy atom. The highest BCUT2D eigenvalue weighted by molar-refractivity contribution is 9.10. The maximum atomic E-state index is 13.0. The zero-order valence-electron chi connectivity index (χ0n) is 13.4. The molecule has 1 N–H and O–H groups in total. The van der Waals surface area contributed by atoms with Crippen LogP contribution in [0.5, 0.6) is 0 Å². The number of sulfonamides is 1. The standard InChI is InChI=1S/C18H17BrN2O3S/c19-16-8-7-14(25(23,24)20-13-5-6-13)11-15(16)18(22)21-10-9-12-3-1-2-4-17(12)21/h1-4,7-8,11,13,20H,5-6,9-10H2. The third kappa shape index (κ3) is 3.23. The van der Waals surface area contributed by atoms with E-state index in [1.165, 1.54) is 12.1 Å². The zero-order chi connectivity index (χ0) is 17.6. The van der Waals surface area contributed by atoms with Crippen molar-refractivity contribution in [2.24, 2.45) is 0 Å². The van der Waals surface area contributed by atoms with Crippen molar-refractivity contribution in [1.82, 2.24) is 4.72 Å². The van der Waals surface area contributed by atoms with Crippen LogP contribution in [0.2, 0.25) is 0 Å². The van der Waals surface area contributed by atoms with Crippen LogP contribution in [0.25, 0.3) is 0 Å². The number of nitrogens with one attached hydrogen (secondary N) is 1. The Balaban J connectivity index is 1.68. The SMILES string of the molecule is O=C(c1cc(S(=O)(=O)NC2CC2)ccc1Br)N1CCc2ccccc21. The van der Waals surface area contributed by atoms with Gasteiger partial charge in [0, 0.05) is 22.7 Å². The van der Waals surface area contributed by atoms with Gasteiger partial charge in [-0.3, -0.25) is 4.79 Å². The largest absolute Gasteiger partial charge is 0.308 e. The molecule has 0 unspecified atom stereocenters. The van der Waals surface area contributed by atoms with Crippen LogP contribution in [0.1, 0.15) is 28.8 Å². The van der Waals surface area contributed by atoms with Gasteiger partial charge in [0.25, 0.3) is 5.91 Å². The van der Waals surface area contributed by atoms with Gasteiger partial charge in [0.05, 0.1) is 10.5 Å². The van der Waals surface area contributed by atoms with E-state index in [2.05, 4.69) is 20.7 Å². The third-order valence-electron chi connectivity index (χ3n) is 4.51. The van der Waals surface area contributed by atoms with E-state index in [0.29, 0.717) is 16.6 Å². The molecule has 0 spiro atoms. The molecule has 0 atom stereocenters. The molecule has 2 aliphatic rings. The molecule has 1 aliphatic heterocycles. The molecule has 1 saturated carbocycles. The Morgan fingerprint density at radius 3 is 2.68 bits per heavy atom. The predicted octanol–water partition coefficient (Wildman–Crippen LogP) is 3.09. The lowest BCUT2D eigenvalue weighted by Crippen LogP contribution is -2.30. The molecule has 0 bridgehead atoms. The first-order valence-corrected chi connectivity index (χ1v) is 10.4. The fourth-order valence-corrected chi connectivity index (χ4v) is 4.77. The maximum Gasteiger partial charge on any atom is 0.259 e. The number of hydrogen-bond acceptors (Lipinski definition) is 3. The van der Waals surface area contributed by atoms with Crippen LogP contribution in [-0.4, -0.2) is 26.9 Å². The lowest BCUT2D eigenvalue weighted by Gasteiger charge is -2.18. The Labute approximate surface area is 155 Å². The highest BCUT2D eigenvalue weighted by Crippen LogP contribution is 2.31. The van der Waals surface area contributed by atoms with Crippen LogP contribution in [-0.2, 0) is 16.4 Å². The van der Waals surface area contributed by atoms with Gasteiger partial charge < -0.3 is 4.90 Å². The van der Waals surface area contributed by atoms with Gasteiger partial charge in [0.2, 0.25) is 10.0 Å². The van der Waals surface area contributed by atoms with E-state index in [0.717, 1.165) is 30.5 Å². The fourth-order valence-electron chi connectivity index (χ4n) is 3.02. The summed E-state index contributed by atoms with van der Waals surface area (Å²) in [4.78, 5) is 14.9. The second-order valence-corrected chi connectivity index (χ2v) is 8.94. The molecule has 1 aliphatic carbocycles. The molecule has 7 heteroatoms. The van der Waals surface area contributed by atoms with Crippen molar-refractivity contribution in [1.29, 1.82) is 0 Å². The summed E-state index contributed by atoms with van der Waals surface area (Å²) in [5.41, 5.74) is 2.38. The van der Waals surface area contributed by atoms with E-state index in [1.54, 1.807) is 11.0 Å². The smallest absolute Gasteiger partial charge is 0.259 e. The highest BCUT2D eigenvalue weighted by Gasteiger charge is 2.30. The summed E-state index contributed by atoms with van der Waals surface area (Å²) in [5, 5.41) is 0. The van der Waals surface area contributed by atoms with Gasteiger partial charge >= 0.3 is 0 Å². The van der Waals surface area contributed by atoms with Crippen molar-refractivity contribution in [3.63, 3.8) is 0 Å². The van der Waals surface area contributed by atoms with E-state index < -0.39 is 10.0 Å². The number of rotatable bonds is 4.